The van der Waals surface area contributed by atoms with Gasteiger partial charge in [-0.05, 0) is 12.8 Å². The second-order valence-corrected chi connectivity index (χ2v) is 8.40. The van der Waals surface area contributed by atoms with Crippen molar-refractivity contribution in [3.8, 4) is 5.75 Å². The molecule has 4 heterocycles. The van der Waals surface area contributed by atoms with Gasteiger partial charge in [-0.15, -0.1) is 0 Å². The Labute approximate surface area is 172 Å². The van der Waals surface area contributed by atoms with Gasteiger partial charge >= 0.3 is 0 Å². The van der Waals surface area contributed by atoms with Gasteiger partial charge in [0, 0.05) is 90.4 Å². The largest absolute Gasteiger partial charge is 0.503 e. The summed E-state index contributed by atoms with van der Waals surface area (Å²) in [5.74, 6) is -0.106. The van der Waals surface area contributed by atoms with E-state index in [1.54, 1.807) is 6.07 Å². The van der Waals surface area contributed by atoms with Gasteiger partial charge < -0.3 is 19.1 Å². The van der Waals surface area contributed by atoms with Gasteiger partial charge in [-0.1, -0.05) is 0 Å². The first kappa shape index (κ1) is 20.8. The summed E-state index contributed by atoms with van der Waals surface area (Å²) in [6.07, 6.45) is 2.25. The number of pyridine rings is 1. The average molecular weight is 407 g/mol. The molecule has 162 valence electrons. The van der Waals surface area contributed by atoms with Crippen molar-refractivity contribution in [1.29, 1.82) is 0 Å². The highest BCUT2D eigenvalue weighted by Crippen LogP contribution is 2.20. The molecular formula is C21H34N4O4. The zero-order valence-corrected chi connectivity index (χ0v) is 17.5. The topological polar surface area (TPSA) is 70.4 Å². The Balaban J connectivity index is 1.40. The van der Waals surface area contributed by atoms with Gasteiger partial charge in [0.05, 0.1) is 18.9 Å². The van der Waals surface area contributed by atoms with Crippen molar-refractivity contribution >= 4 is 0 Å². The van der Waals surface area contributed by atoms with Crippen LogP contribution in [0.5, 0.6) is 5.75 Å². The second-order valence-electron chi connectivity index (χ2n) is 8.40. The van der Waals surface area contributed by atoms with Crippen LogP contribution in [0.3, 0.4) is 0 Å². The number of hydrogen-bond donors (Lipinski definition) is 1. The van der Waals surface area contributed by atoms with Gasteiger partial charge in [-0.25, -0.2) is 0 Å². The Kier molecular flexibility index (Phi) is 6.87. The van der Waals surface area contributed by atoms with Crippen molar-refractivity contribution in [3.63, 3.8) is 0 Å². The smallest absolute Gasteiger partial charge is 0.223 e. The zero-order valence-electron chi connectivity index (χ0n) is 17.5. The summed E-state index contributed by atoms with van der Waals surface area (Å²) in [5, 5.41) is 10.5. The third-order valence-electron chi connectivity index (χ3n) is 6.62. The van der Waals surface area contributed by atoms with Gasteiger partial charge in [0.25, 0.3) is 0 Å². The van der Waals surface area contributed by atoms with Crippen LogP contribution in [-0.2, 0) is 29.6 Å². The molecule has 0 atom stereocenters. The molecular weight excluding hydrogens is 372 g/mol. The maximum Gasteiger partial charge on any atom is 0.223 e. The van der Waals surface area contributed by atoms with Crippen molar-refractivity contribution in [2.24, 2.45) is 7.05 Å². The monoisotopic (exact) mass is 406 g/mol. The minimum Gasteiger partial charge on any atom is -0.503 e. The molecule has 0 saturated carbocycles. The predicted octanol–water partition coefficient (Wildman–Crippen LogP) is 0.220. The molecule has 0 radical (unpaired) electrons. The Morgan fingerprint density at radius 2 is 1.55 bits per heavy atom. The van der Waals surface area contributed by atoms with Crippen molar-refractivity contribution in [2.75, 3.05) is 65.7 Å². The number of hydrogen-bond acceptors (Lipinski definition) is 7. The fourth-order valence-corrected chi connectivity index (χ4v) is 4.66. The van der Waals surface area contributed by atoms with Gasteiger partial charge in [0.15, 0.2) is 5.75 Å². The first-order valence-electron chi connectivity index (χ1n) is 10.9. The Morgan fingerprint density at radius 3 is 2.24 bits per heavy atom. The number of aromatic nitrogens is 1. The highest BCUT2D eigenvalue weighted by Gasteiger charge is 2.26. The summed E-state index contributed by atoms with van der Waals surface area (Å²) in [6.45, 7) is 10.3. The Hall–Kier alpha value is -1.45. The highest BCUT2D eigenvalue weighted by atomic mass is 16.5. The van der Waals surface area contributed by atoms with E-state index >= 15 is 0 Å². The van der Waals surface area contributed by atoms with Crippen LogP contribution in [0.25, 0.3) is 0 Å². The number of piperazine rings is 1. The van der Waals surface area contributed by atoms with E-state index in [4.69, 9.17) is 9.47 Å². The first-order chi connectivity index (χ1) is 14.1. The lowest BCUT2D eigenvalue weighted by Crippen LogP contribution is -2.51. The molecule has 0 spiro atoms. The number of nitrogens with zero attached hydrogens (tertiary/aromatic N) is 4. The standard InChI is InChI=1S/C21H34N4O4/c1-22-18(15-24-8-12-29-13-9-24)14-20(26)21(27)19(22)16-23-4-6-25(7-5-23)17-2-10-28-11-3-17/h14,17,27H,2-13,15-16H2,1H3. The summed E-state index contributed by atoms with van der Waals surface area (Å²) < 4.78 is 12.9. The van der Waals surface area contributed by atoms with Crippen LogP contribution in [-0.4, -0.2) is 96.1 Å². The number of rotatable bonds is 5. The minimum absolute atomic E-state index is 0.106. The Morgan fingerprint density at radius 1 is 0.931 bits per heavy atom. The van der Waals surface area contributed by atoms with Crippen LogP contribution in [0.1, 0.15) is 24.2 Å². The van der Waals surface area contributed by atoms with Crippen LogP contribution < -0.4 is 5.43 Å². The average Bonchev–Trinajstić information content (AvgIpc) is 2.77. The molecule has 8 heteroatoms. The van der Waals surface area contributed by atoms with Crippen molar-refractivity contribution in [1.82, 2.24) is 19.3 Å². The molecule has 0 aromatic carbocycles. The van der Waals surface area contributed by atoms with Crippen LogP contribution in [0.15, 0.2) is 10.9 Å². The summed E-state index contributed by atoms with van der Waals surface area (Å²) >= 11 is 0. The summed E-state index contributed by atoms with van der Waals surface area (Å²) in [7, 11) is 1.96. The lowest BCUT2D eigenvalue weighted by Gasteiger charge is -2.40. The second kappa shape index (κ2) is 9.57. The molecule has 3 aliphatic rings. The molecule has 1 aromatic heterocycles. The van der Waals surface area contributed by atoms with E-state index in [9.17, 15) is 9.90 Å². The van der Waals surface area contributed by atoms with E-state index in [0.717, 1.165) is 89.9 Å². The SMILES string of the molecule is Cn1c(CN2CCOCC2)cc(=O)c(O)c1CN1CCN(C2CCOCC2)CC1. The third kappa shape index (κ3) is 5.00. The minimum atomic E-state index is -0.276. The first-order valence-corrected chi connectivity index (χ1v) is 10.9. The van der Waals surface area contributed by atoms with E-state index in [1.807, 2.05) is 11.6 Å². The van der Waals surface area contributed by atoms with E-state index in [0.29, 0.717) is 19.1 Å². The lowest BCUT2D eigenvalue weighted by atomic mass is 10.1. The molecule has 0 amide bonds. The van der Waals surface area contributed by atoms with Gasteiger partial charge in [0.1, 0.15) is 0 Å². The molecule has 0 aliphatic carbocycles. The van der Waals surface area contributed by atoms with Gasteiger partial charge in [-0.3, -0.25) is 19.5 Å². The molecule has 3 fully saturated rings. The number of aromatic hydroxyl groups is 1. The number of ether oxygens (including phenoxy) is 2. The van der Waals surface area contributed by atoms with Crippen LogP contribution >= 0.6 is 0 Å². The summed E-state index contributed by atoms with van der Waals surface area (Å²) in [5.41, 5.74) is 1.40. The zero-order chi connectivity index (χ0) is 20.2. The molecule has 3 saturated heterocycles. The maximum absolute atomic E-state index is 12.4. The quantitative estimate of drug-likeness (QED) is 0.750. The van der Waals surface area contributed by atoms with E-state index in [-0.39, 0.29) is 11.2 Å². The van der Waals surface area contributed by atoms with Gasteiger partial charge in [0.2, 0.25) is 5.43 Å². The maximum atomic E-state index is 12.4. The molecule has 1 N–H and O–H groups in total. The predicted molar refractivity (Wildman–Crippen MR) is 110 cm³/mol. The van der Waals surface area contributed by atoms with Crippen molar-refractivity contribution in [2.45, 2.75) is 32.0 Å². The molecule has 3 aliphatic heterocycles. The summed E-state index contributed by atoms with van der Waals surface area (Å²) in [6, 6.07) is 2.22. The van der Waals surface area contributed by atoms with Crippen LogP contribution in [0, 0.1) is 0 Å². The van der Waals surface area contributed by atoms with Crippen LogP contribution in [0.2, 0.25) is 0 Å². The fourth-order valence-electron chi connectivity index (χ4n) is 4.66. The highest BCUT2D eigenvalue weighted by molar-refractivity contribution is 5.30. The lowest BCUT2D eigenvalue weighted by molar-refractivity contribution is 0.0121. The fraction of sp³-hybridized carbons (Fsp3) is 0.762. The molecule has 0 unspecified atom stereocenters. The molecule has 29 heavy (non-hydrogen) atoms. The van der Waals surface area contributed by atoms with Crippen molar-refractivity contribution < 1.29 is 14.6 Å². The van der Waals surface area contributed by atoms with Crippen LogP contribution in [0.4, 0.5) is 0 Å². The molecule has 1 aromatic rings. The molecule has 0 bridgehead atoms. The van der Waals surface area contributed by atoms with E-state index in [1.165, 1.54) is 0 Å². The van der Waals surface area contributed by atoms with E-state index in [2.05, 4.69) is 14.7 Å². The normalized spacial score (nSPS) is 23.5. The Bertz CT molecular complexity index is 733. The van der Waals surface area contributed by atoms with E-state index < -0.39 is 0 Å². The molecule has 4 rings (SSSR count). The molecule has 8 nitrogen and oxygen atoms in total. The summed E-state index contributed by atoms with van der Waals surface area (Å²) in [4.78, 5) is 19.6. The third-order valence-corrected chi connectivity index (χ3v) is 6.62. The van der Waals surface area contributed by atoms with Gasteiger partial charge in [-0.2, -0.15) is 0 Å². The van der Waals surface area contributed by atoms with Crippen molar-refractivity contribution in [3.05, 3.63) is 27.7 Å². The number of morpholine rings is 1.